The maximum atomic E-state index is 13.3. The minimum absolute atomic E-state index is 0.0427. The molecular formula is C26H35N7O6. The summed E-state index contributed by atoms with van der Waals surface area (Å²) in [5.74, 6) is -0.864. The zero-order chi connectivity index (χ0) is 28.5. The highest BCUT2D eigenvalue weighted by molar-refractivity contribution is 5.87. The second-order valence-electron chi connectivity index (χ2n) is 11.6. The maximum absolute atomic E-state index is 13.3. The Morgan fingerprint density at radius 2 is 1.54 bits per heavy atom. The molecule has 1 saturated heterocycles. The van der Waals surface area contributed by atoms with Crippen molar-refractivity contribution in [2.24, 2.45) is 0 Å². The Bertz CT molecular complexity index is 1240. The summed E-state index contributed by atoms with van der Waals surface area (Å²) in [4.78, 5) is 59.9. The number of piperazine rings is 1. The fourth-order valence-electron chi connectivity index (χ4n) is 4.30. The van der Waals surface area contributed by atoms with E-state index in [0.29, 0.717) is 38.5 Å². The number of fused-ring (bicyclic) bond motifs is 1. The molecule has 1 fully saturated rings. The van der Waals surface area contributed by atoms with E-state index >= 15 is 0 Å². The quantitative estimate of drug-likeness (QED) is 0.565. The molecule has 1 amide bonds. The van der Waals surface area contributed by atoms with Gasteiger partial charge in [0.05, 0.1) is 24.3 Å². The summed E-state index contributed by atoms with van der Waals surface area (Å²) < 4.78 is 11.2. The van der Waals surface area contributed by atoms with Gasteiger partial charge in [0.15, 0.2) is 0 Å². The van der Waals surface area contributed by atoms with Crippen LogP contribution in [0.25, 0.3) is 0 Å². The van der Waals surface area contributed by atoms with Crippen molar-refractivity contribution in [1.29, 1.82) is 0 Å². The molecule has 0 bridgehead atoms. The molecule has 0 radical (unpaired) electrons. The molecule has 0 saturated carbocycles. The molecule has 210 valence electrons. The number of aromatic nitrogens is 4. The second-order valence-corrected chi connectivity index (χ2v) is 11.6. The summed E-state index contributed by atoms with van der Waals surface area (Å²) in [7, 11) is 0. The van der Waals surface area contributed by atoms with E-state index in [4.69, 9.17) is 14.5 Å². The number of amides is 1. The van der Waals surface area contributed by atoms with Crippen LogP contribution in [0.4, 0.5) is 16.7 Å². The molecule has 0 spiro atoms. The molecule has 13 heteroatoms. The highest BCUT2D eigenvalue weighted by atomic mass is 16.6. The van der Waals surface area contributed by atoms with E-state index in [1.807, 2.05) is 25.7 Å². The van der Waals surface area contributed by atoms with Gasteiger partial charge in [-0.05, 0) is 41.5 Å². The van der Waals surface area contributed by atoms with E-state index in [-0.39, 0.29) is 24.1 Å². The SMILES string of the molecule is CC(C)(C)OC(=O)[C@@H]1CN(c2ncc3c(n2)CCN(C(=O)OC(C)(C)C)C3)CCN1c1ncc(C(=O)O)cn1. The number of hydrogen-bond donors (Lipinski definition) is 1. The number of nitrogens with zero attached hydrogens (tertiary/aromatic N) is 7. The average Bonchev–Trinajstić information content (AvgIpc) is 2.85. The average molecular weight is 542 g/mol. The largest absolute Gasteiger partial charge is 0.478 e. The molecule has 4 rings (SSSR count). The van der Waals surface area contributed by atoms with Crippen LogP contribution >= 0.6 is 0 Å². The fourth-order valence-corrected chi connectivity index (χ4v) is 4.30. The number of carboxylic acids is 1. The van der Waals surface area contributed by atoms with Crippen LogP contribution < -0.4 is 9.80 Å². The monoisotopic (exact) mass is 541 g/mol. The smallest absolute Gasteiger partial charge is 0.410 e. The zero-order valence-electron chi connectivity index (χ0n) is 23.2. The number of carbonyl (C=O) groups excluding carboxylic acids is 2. The van der Waals surface area contributed by atoms with Gasteiger partial charge in [0, 0.05) is 50.2 Å². The van der Waals surface area contributed by atoms with Gasteiger partial charge in [-0.2, -0.15) is 0 Å². The molecule has 0 unspecified atom stereocenters. The van der Waals surface area contributed by atoms with Crippen molar-refractivity contribution in [3.63, 3.8) is 0 Å². The number of hydrogen-bond acceptors (Lipinski definition) is 11. The van der Waals surface area contributed by atoms with Crippen LogP contribution in [-0.2, 0) is 27.2 Å². The third kappa shape index (κ3) is 6.89. The van der Waals surface area contributed by atoms with E-state index in [1.54, 1.807) is 36.8 Å². The minimum Gasteiger partial charge on any atom is -0.478 e. The van der Waals surface area contributed by atoms with Gasteiger partial charge in [-0.1, -0.05) is 0 Å². The van der Waals surface area contributed by atoms with Crippen LogP contribution in [0.5, 0.6) is 0 Å². The number of aromatic carboxylic acids is 1. The summed E-state index contributed by atoms with van der Waals surface area (Å²) in [5, 5.41) is 9.17. The standard InChI is InChI=1S/C26H35N7O6/c1-25(2,3)38-21(36)19-15-31(9-10-33(19)22-27-11-16(12-28-22)20(34)35)23-29-13-17-14-32(8-7-18(17)30-23)24(37)39-26(4,5)6/h11-13,19H,7-10,14-15H2,1-6H3,(H,34,35)/t19-/m0/s1. The first-order chi connectivity index (χ1) is 18.2. The maximum Gasteiger partial charge on any atom is 0.410 e. The Morgan fingerprint density at radius 1 is 0.897 bits per heavy atom. The first kappa shape index (κ1) is 28.0. The lowest BCUT2D eigenvalue weighted by Gasteiger charge is -2.41. The van der Waals surface area contributed by atoms with Crippen molar-refractivity contribution >= 4 is 29.9 Å². The minimum atomic E-state index is -1.13. The van der Waals surface area contributed by atoms with Gasteiger partial charge < -0.3 is 29.3 Å². The molecule has 0 aliphatic carbocycles. The Kier molecular flexibility index (Phi) is 7.62. The van der Waals surface area contributed by atoms with Crippen LogP contribution in [0, 0.1) is 0 Å². The normalized spacial score (nSPS) is 17.9. The van der Waals surface area contributed by atoms with Crippen molar-refractivity contribution in [3.05, 3.63) is 35.4 Å². The lowest BCUT2D eigenvalue weighted by atomic mass is 10.1. The summed E-state index contributed by atoms with van der Waals surface area (Å²) >= 11 is 0. The molecular weight excluding hydrogens is 506 g/mol. The topological polar surface area (TPSA) is 151 Å². The molecule has 2 aromatic rings. The number of carbonyl (C=O) groups is 3. The number of rotatable bonds is 4. The summed E-state index contributed by atoms with van der Waals surface area (Å²) in [6.07, 6.45) is 4.35. The van der Waals surface area contributed by atoms with E-state index in [9.17, 15) is 19.5 Å². The van der Waals surface area contributed by atoms with E-state index in [1.165, 1.54) is 12.4 Å². The highest BCUT2D eigenvalue weighted by Gasteiger charge is 2.38. The van der Waals surface area contributed by atoms with E-state index in [2.05, 4.69) is 15.0 Å². The third-order valence-corrected chi connectivity index (χ3v) is 6.06. The number of esters is 1. The molecule has 4 heterocycles. The fraction of sp³-hybridized carbons (Fsp3) is 0.577. The van der Waals surface area contributed by atoms with Crippen LogP contribution in [0.3, 0.4) is 0 Å². The Balaban J connectivity index is 1.53. The highest BCUT2D eigenvalue weighted by Crippen LogP contribution is 2.25. The summed E-state index contributed by atoms with van der Waals surface area (Å²) in [5.41, 5.74) is 0.377. The summed E-state index contributed by atoms with van der Waals surface area (Å²) in [6, 6.07) is -0.768. The lowest BCUT2D eigenvalue weighted by Crippen LogP contribution is -2.58. The van der Waals surface area contributed by atoms with Crippen molar-refractivity contribution in [3.8, 4) is 0 Å². The Labute approximate surface area is 227 Å². The van der Waals surface area contributed by atoms with Crippen molar-refractivity contribution in [2.45, 2.75) is 71.8 Å². The molecule has 1 atom stereocenters. The van der Waals surface area contributed by atoms with Gasteiger partial charge in [0.1, 0.15) is 17.2 Å². The van der Waals surface area contributed by atoms with Crippen LogP contribution in [0.15, 0.2) is 18.6 Å². The molecule has 13 nitrogen and oxygen atoms in total. The van der Waals surface area contributed by atoms with E-state index < -0.39 is 29.2 Å². The Hall–Kier alpha value is -4.03. The molecule has 2 aromatic heterocycles. The van der Waals surface area contributed by atoms with Gasteiger partial charge in [0.25, 0.3) is 0 Å². The molecule has 1 N–H and O–H groups in total. The van der Waals surface area contributed by atoms with Crippen molar-refractivity contribution in [1.82, 2.24) is 24.8 Å². The van der Waals surface area contributed by atoms with Gasteiger partial charge in [0.2, 0.25) is 11.9 Å². The van der Waals surface area contributed by atoms with Gasteiger partial charge >= 0.3 is 18.0 Å². The number of ether oxygens (including phenoxy) is 2. The van der Waals surface area contributed by atoms with Gasteiger partial charge in [-0.15, -0.1) is 0 Å². The molecule has 39 heavy (non-hydrogen) atoms. The molecule has 2 aliphatic rings. The van der Waals surface area contributed by atoms with E-state index in [0.717, 1.165) is 11.3 Å². The lowest BCUT2D eigenvalue weighted by molar-refractivity contribution is -0.156. The first-order valence-corrected chi connectivity index (χ1v) is 12.8. The van der Waals surface area contributed by atoms with Gasteiger partial charge in [-0.25, -0.2) is 34.3 Å². The molecule has 2 aliphatic heterocycles. The van der Waals surface area contributed by atoms with Crippen molar-refractivity contribution in [2.75, 3.05) is 36.0 Å². The third-order valence-electron chi connectivity index (χ3n) is 6.06. The predicted molar refractivity (Wildman–Crippen MR) is 141 cm³/mol. The Morgan fingerprint density at radius 3 is 2.15 bits per heavy atom. The second kappa shape index (κ2) is 10.6. The van der Waals surface area contributed by atoms with Crippen LogP contribution in [0.2, 0.25) is 0 Å². The van der Waals surface area contributed by atoms with Crippen molar-refractivity contribution < 1.29 is 29.0 Å². The summed E-state index contributed by atoms with van der Waals surface area (Å²) in [6.45, 7) is 12.8. The zero-order valence-corrected chi connectivity index (χ0v) is 23.2. The van der Waals surface area contributed by atoms with Crippen LogP contribution in [0.1, 0.15) is 63.2 Å². The number of carboxylic acid groups (broad SMARTS) is 1. The number of anilines is 2. The van der Waals surface area contributed by atoms with Gasteiger partial charge in [-0.3, -0.25) is 0 Å². The molecule has 0 aromatic carbocycles. The van der Waals surface area contributed by atoms with Crippen LogP contribution in [-0.4, -0.2) is 91.4 Å². The predicted octanol–water partition coefficient (Wildman–Crippen LogP) is 2.29. The first-order valence-electron chi connectivity index (χ1n) is 12.8.